The third-order valence-corrected chi connectivity index (χ3v) is 3.24. The smallest absolute Gasteiger partial charge is 0.141 e. The molecule has 0 aliphatic heterocycles. The fraction of sp³-hybridized carbons (Fsp3) is 0.200. The van der Waals surface area contributed by atoms with Crippen molar-refractivity contribution < 1.29 is 9.13 Å². The van der Waals surface area contributed by atoms with Crippen molar-refractivity contribution in [3.63, 3.8) is 0 Å². The molecule has 0 fully saturated rings. The lowest BCUT2D eigenvalue weighted by Crippen LogP contribution is -2.28. The van der Waals surface area contributed by atoms with Crippen LogP contribution < -0.4 is 16.0 Å². The van der Waals surface area contributed by atoms with Crippen LogP contribution in [0.25, 0.3) is 0 Å². The lowest BCUT2D eigenvalue weighted by atomic mass is 9.99. The second kappa shape index (κ2) is 6.70. The first kappa shape index (κ1) is 14.8. The van der Waals surface area contributed by atoms with E-state index in [1.807, 2.05) is 31.2 Å². The molecule has 0 saturated heterocycles. The van der Waals surface area contributed by atoms with E-state index in [1.54, 1.807) is 12.1 Å². The Hall–Kier alpha value is -1.62. The summed E-state index contributed by atoms with van der Waals surface area (Å²) in [7, 11) is 0. The zero-order valence-electron chi connectivity index (χ0n) is 11.1. The van der Waals surface area contributed by atoms with Gasteiger partial charge in [0, 0.05) is 0 Å². The van der Waals surface area contributed by atoms with Crippen LogP contribution in [0.2, 0.25) is 5.02 Å². The Kier molecular flexibility index (Phi) is 4.95. The van der Waals surface area contributed by atoms with Crippen LogP contribution in [-0.4, -0.2) is 6.61 Å². The van der Waals surface area contributed by atoms with Gasteiger partial charge < -0.3 is 4.74 Å². The molecule has 0 radical (unpaired) electrons. The molecule has 3 N–H and O–H groups in total. The van der Waals surface area contributed by atoms with E-state index in [2.05, 4.69) is 5.43 Å². The molecule has 106 valence electrons. The maximum atomic E-state index is 13.2. The van der Waals surface area contributed by atoms with E-state index >= 15 is 0 Å². The van der Waals surface area contributed by atoms with Gasteiger partial charge in [0.15, 0.2) is 0 Å². The number of halogens is 2. The molecule has 3 nitrogen and oxygen atoms in total. The van der Waals surface area contributed by atoms with Crippen LogP contribution in [0.15, 0.2) is 42.5 Å². The third-order valence-electron chi connectivity index (χ3n) is 2.95. The van der Waals surface area contributed by atoms with Crippen LogP contribution in [0.4, 0.5) is 4.39 Å². The lowest BCUT2D eigenvalue weighted by Gasteiger charge is -2.18. The Morgan fingerprint density at radius 2 is 2.00 bits per heavy atom. The van der Waals surface area contributed by atoms with Crippen LogP contribution in [0, 0.1) is 5.82 Å². The summed E-state index contributed by atoms with van der Waals surface area (Å²) >= 11 is 5.82. The summed E-state index contributed by atoms with van der Waals surface area (Å²) in [5.41, 5.74) is 4.42. The van der Waals surface area contributed by atoms with Gasteiger partial charge in [-0.05, 0) is 42.3 Å². The predicted molar refractivity (Wildman–Crippen MR) is 78.2 cm³/mol. The maximum absolute atomic E-state index is 13.2. The monoisotopic (exact) mass is 294 g/mol. The number of rotatable bonds is 5. The fourth-order valence-corrected chi connectivity index (χ4v) is 2.22. The second-order valence-corrected chi connectivity index (χ2v) is 4.69. The van der Waals surface area contributed by atoms with Gasteiger partial charge in [0.05, 0.1) is 17.7 Å². The molecule has 1 atom stereocenters. The summed E-state index contributed by atoms with van der Waals surface area (Å²) in [4.78, 5) is 0. The molecule has 0 aliphatic rings. The highest BCUT2D eigenvalue weighted by molar-refractivity contribution is 6.30. The summed E-state index contributed by atoms with van der Waals surface area (Å²) in [6.07, 6.45) is 0. The lowest BCUT2D eigenvalue weighted by molar-refractivity contribution is 0.339. The Morgan fingerprint density at radius 1 is 1.25 bits per heavy atom. The molecular weight excluding hydrogens is 279 g/mol. The third kappa shape index (κ3) is 3.28. The van der Waals surface area contributed by atoms with Gasteiger partial charge in [-0.3, -0.25) is 5.84 Å². The second-order valence-electron chi connectivity index (χ2n) is 4.28. The molecule has 0 bridgehead atoms. The summed E-state index contributed by atoms with van der Waals surface area (Å²) < 4.78 is 18.7. The van der Waals surface area contributed by atoms with Gasteiger partial charge in [0.25, 0.3) is 0 Å². The number of ether oxygens (including phenoxy) is 1. The van der Waals surface area contributed by atoms with Gasteiger partial charge in [0.1, 0.15) is 11.6 Å². The van der Waals surface area contributed by atoms with E-state index in [1.165, 1.54) is 6.07 Å². The van der Waals surface area contributed by atoms with Crippen molar-refractivity contribution in [2.75, 3.05) is 6.61 Å². The minimum Gasteiger partial charge on any atom is -0.494 e. The van der Waals surface area contributed by atoms with Crippen molar-refractivity contribution in [3.05, 3.63) is 64.4 Å². The van der Waals surface area contributed by atoms with Gasteiger partial charge in [-0.2, -0.15) is 0 Å². The van der Waals surface area contributed by atoms with Gasteiger partial charge in [-0.15, -0.1) is 0 Å². The van der Waals surface area contributed by atoms with E-state index in [9.17, 15) is 4.39 Å². The van der Waals surface area contributed by atoms with Crippen LogP contribution in [0.1, 0.15) is 24.1 Å². The molecule has 20 heavy (non-hydrogen) atoms. The number of benzene rings is 2. The summed E-state index contributed by atoms with van der Waals surface area (Å²) in [6.45, 7) is 2.51. The normalized spacial score (nSPS) is 12.2. The Labute approximate surface area is 122 Å². The minimum atomic E-state index is -0.450. The average Bonchev–Trinajstić information content (AvgIpc) is 2.44. The number of nitrogens with two attached hydrogens (primary N) is 1. The van der Waals surface area contributed by atoms with E-state index in [0.717, 1.165) is 16.9 Å². The van der Waals surface area contributed by atoms with E-state index < -0.39 is 5.82 Å². The van der Waals surface area contributed by atoms with Crippen LogP contribution in [0.3, 0.4) is 0 Å². The fourth-order valence-electron chi connectivity index (χ4n) is 2.03. The van der Waals surface area contributed by atoms with E-state index in [4.69, 9.17) is 22.2 Å². The largest absolute Gasteiger partial charge is 0.494 e. The molecule has 0 aromatic heterocycles. The summed E-state index contributed by atoms with van der Waals surface area (Å²) in [6, 6.07) is 11.8. The highest BCUT2D eigenvalue weighted by atomic mass is 35.5. The topological polar surface area (TPSA) is 47.3 Å². The Balaban J connectivity index is 2.36. The first-order valence-corrected chi connectivity index (χ1v) is 6.67. The number of hydrogen-bond acceptors (Lipinski definition) is 3. The van der Waals surface area contributed by atoms with Crippen LogP contribution in [0.5, 0.6) is 5.75 Å². The highest BCUT2D eigenvalue weighted by Crippen LogP contribution is 2.27. The predicted octanol–water partition coefficient (Wildman–Crippen LogP) is 3.43. The summed E-state index contributed by atoms with van der Waals surface area (Å²) in [5, 5.41) is 0.0729. The quantitative estimate of drug-likeness (QED) is 0.656. The first-order chi connectivity index (χ1) is 9.65. The average molecular weight is 295 g/mol. The SMILES string of the molecule is CCOc1cccc(C(NN)c2ccc(F)c(Cl)c2)c1. The molecule has 2 aromatic carbocycles. The summed E-state index contributed by atoms with van der Waals surface area (Å²) in [5.74, 6) is 5.93. The van der Waals surface area contributed by atoms with Crippen LogP contribution in [-0.2, 0) is 0 Å². The Morgan fingerprint density at radius 3 is 2.65 bits per heavy atom. The zero-order chi connectivity index (χ0) is 14.5. The molecule has 0 saturated carbocycles. The van der Waals surface area contributed by atoms with Crippen molar-refractivity contribution in [1.29, 1.82) is 0 Å². The van der Waals surface area contributed by atoms with Crippen molar-refractivity contribution >= 4 is 11.6 Å². The molecule has 1 unspecified atom stereocenters. The number of nitrogens with one attached hydrogen (secondary N) is 1. The van der Waals surface area contributed by atoms with Gasteiger partial charge in [0.2, 0.25) is 0 Å². The molecule has 0 aliphatic carbocycles. The number of hydrogen-bond donors (Lipinski definition) is 2. The van der Waals surface area contributed by atoms with Gasteiger partial charge >= 0.3 is 0 Å². The van der Waals surface area contributed by atoms with Crippen molar-refractivity contribution in [2.24, 2.45) is 5.84 Å². The molecule has 0 heterocycles. The standard InChI is InChI=1S/C15H16ClFN2O/c1-2-20-12-5-3-4-10(8-12)15(19-18)11-6-7-14(17)13(16)9-11/h3-9,15,19H,2,18H2,1H3. The molecular formula is C15H16ClFN2O. The van der Waals surface area contributed by atoms with E-state index in [0.29, 0.717) is 6.61 Å². The number of hydrazine groups is 1. The highest BCUT2D eigenvalue weighted by Gasteiger charge is 2.14. The van der Waals surface area contributed by atoms with Crippen molar-refractivity contribution in [1.82, 2.24) is 5.43 Å². The van der Waals surface area contributed by atoms with Crippen LogP contribution >= 0.6 is 11.6 Å². The molecule has 0 spiro atoms. The van der Waals surface area contributed by atoms with Crippen molar-refractivity contribution in [2.45, 2.75) is 13.0 Å². The molecule has 5 heteroatoms. The minimum absolute atomic E-state index is 0.0729. The van der Waals surface area contributed by atoms with Gasteiger partial charge in [-0.1, -0.05) is 29.8 Å². The van der Waals surface area contributed by atoms with Gasteiger partial charge in [-0.25, -0.2) is 9.82 Å². The maximum Gasteiger partial charge on any atom is 0.141 e. The molecule has 2 aromatic rings. The zero-order valence-corrected chi connectivity index (χ0v) is 11.8. The van der Waals surface area contributed by atoms with Crippen molar-refractivity contribution in [3.8, 4) is 5.75 Å². The molecule has 2 rings (SSSR count). The first-order valence-electron chi connectivity index (χ1n) is 6.29. The van der Waals surface area contributed by atoms with E-state index in [-0.39, 0.29) is 11.1 Å². The molecule has 0 amide bonds. The Bertz CT molecular complexity index is 592.